The number of amides is 1. The molecule has 0 radical (unpaired) electrons. The van der Waals surface area contributed by atoms with Crippen LogP contribution < -0.4 is 11.1 Å². The molecule has 0 aliphatic heterocycles. The standard InChI is InChI=1S/C15H14BrClN2OS/c1-9-11(17)3-2-4-13(9)19-15(20)8-21-14-6-5-10(16)7-12(14)18/h2-7H,8,18H2,1H3,(H,19,20). The van der Waals surface area contributed by atoms with Crippen LogP contribution in [-0.2, 0) is 4.79 Å². The minimum atomic E-state index is -0.0901. The molecule has 0 heterocycles. The summed E-state index contributed by atoms with van der Waals surface area (Å²) in [5, 5.41) is 3.49. The monoisotopic (exact) mass is 384 g/mol. The molecule has 1 amide bonds. The molecule has 21 heavy (non-hydrogen) atoms. The average Bonchev–Trinajstić information content (AvgIpc) is 2.43. The number of carbonyl (C=O) groups excluding carboxylic acids is 1. The van der Waals surface area contributed by atoms with Crippen LogP contribution in [-0.4, -0.2) is 11.7 Å². The summed E-state index contributed by atoms with van der Waals surface area (Å²) in [4.78, 5) is 12.9. The molecule has 2 aromatic carbocycles. The van der Waals surface area contributed by atoms with E-state index in [9.17, 15) is 4.79 Å². The van der Waals surface area contributed by atoms with Crippen molar-refractivity contribution < 1.29 is 4.79 Å². The number of nitrogens with one attached hydrogen (secondary N) is 1. The van der Waals surface area contributed by atoms with E-state index in [0.717, 1.165) is 20.6 Å². The lowest BCUT2D eigenvalue weighted by molar-refractivity contribution is -0.113. The number of carbonyl (C=O) groups is 1. The van der Waals surface area contributed by atoms with E-state index < -0.39 is 0 Å². The van der Waals surface area contributed by atoms with Gasteiger partial charge in [0, 0.05) is 25.8 Å². The molecule has 3 nitrogen and oxygen atoms in total. The van der Waals surface area contributed by atoms with Gasteiger partial charge in [-0.25, -0.2) is 0 Å². The second-order valence-electron chi connectivity index (χ2n) is 4.43. The van der Waals surface area contributed by atoms with Crippen molar-refractivity contribution in [1.29, 1.82) is 0 Å². The minimum Gasteiger partial charge on any atom is -0.398 e. The van der Waals surface area contributed by atoms with E-state index in [1.807, 2.05) is 37.3 Å². The van der Waals surface area contributed by atoms with Crippen LogP contribution in [0.1, 0.15) is 5.56 Å². The maximum absolute atomic E-state index is 12.0. The first kappa shape index (κ1) is 16.2. The van der Waals surface area contributed by atoms with Gasteiger partial charge >= 0.3 is 0 Å². The summed E-state index contributed by atoms with van der Waals surface area (Å²) in [6.07, 6.45) is 0. The Bertz CT molecular complexity index is 679. The number of benzene rings is 2. The highest BCUT2D eigenvalue weighted by molar-refractivity contribution is 9.10. The summed E-state index contributed by atoms with van der Waals surface area (Å²) in [5.74, 6) is 0.199. The van der Waals surface area contributed by atoms with E-state index in [2.05, 4.69) is 21.2 Å². The number of halogens is 2. The van der Waals surface area contributed by atoms with Crippen molar-refractivity contribution in [2.75, 3.05) is 16.8 Å². The molecule has 0 aromatic heterocycles. The maximum Gasteiger partial charge on any atom is 0.234 e. The summed E-state index contributed by atoms with van der Waals surface area (Å²) < 4.78 is 0.920. The highest BCUT2D eigenvalue weighted by atomic mass is 79.9. The summed E-state index contributed by atoms with van der Waals surface area (Å²) in [6.45, 7) is 1.87. The van der Waals surface area contributed by atoms with Gasteiger partial charge in [0.15, 0.2) is 0 Å². The quantitative estimate of drug-likeness (QED) is 0.591. The molecule has 0 saturated heterocycles. The van der Waals surface area contributed by atoms with Crippen molar-refractivity contribution in [2.45, 2.75) is 11.8 Å². The molecule has 0 aliphatic rings. The van der Waals surface area contributed by atoms with Crippen molar-refractivity contribution in [2.24, 2.45) is 0 Å². The summed E-state index contributed by atoms with van der Waals surface area (Å²) in [6, 6.07) is 11.0. The van der Waals surface area contributed by atoms with E-state index in [0.29, 0.717) is 10.7 Å². The third kappa shape index (κ3) is 4.40. The van der Waals surface area contributed by atoms with E-state index in [4.69, 9.17) is 17.3 Å². The van der Waals surface area contributed by atoms with Crippen LogP contribution in [0, 0.1) is 6.92 Å². The molecule has 3 N–H and O–H groups in total. The number of nitrogen functional groups attached to an aromatic ring is 1. The Balaban J connectivity index is 1.97. The van der Waals surface area contributed by atoms with Gasteiger partial charge in [0.1, 0.15) is 0 Å². The highest BCUT2D eigenvalue weighted by Crippen LogP contribution is 2.28. The minimum absolute atomic E-state index is 0.0901. The largest absolute Gasteiger partial charge is 0.398 e. The van der Waals surface area contributed by atoms with E-state index >= 15 is 0 Å². The Hall–Kier alpha value is -1.17. The van der Waals surface area contributed by atoms with Crippen molar-refractivity contribution >= 4 is 56.6 Å². The predicted octanol–water partition coefficient (Wildman–Crippen LogP) is 4.72. The van der Waals surface area contributed by atoms with Crippen molar-refractivity contribution in [3.8, 4) is 0 Å². The Morgan fingerprint density at radius 3 is 2.86 bits per heavy atom. The molecule has 0 fully saturated rings. The van der Waals surface area contributed by atoms with Gasteiger partial charge in [-0.2, -0.15) is 0 Å². The van der Waals surface area contributed by atoms with Gasteiger partial charge in [0.25, 0.3) is 0 Å². The number of anilines is 2. The SMILES string of the molecule is Cc1c(Cl)cccc1NC(=O)CSc1ccc(Br)cc1N. The number of nitrogens with two attached hydrogens (primary N) is 1. The number of hydrogen-bond acceptors (Lipinski definition) is 3. The fourth-order valence-corrected chi connectivity index (χ4v) is 3.03. The van der Waals surface area contributed by atoms with Crippen molar-refractivity contribution in [3.05, 3.63) is 51.5 Å². The fraction of sp³-hybridized carbons (Fsp3) is 0.133. The van der Waals surface area contributed by atoms with Crippen molar-refractivity contribution in [1.82, 2.24) is 0 Å². The van der Waals surface area contributed by atoms with Crippen LogP contribution in [0.25, 0.3) is 0 Å². The first-order valence-corrected chi connectivity index (χ1v) is 8.36. The molecule has 0 unspecified atom stereocenters. The van der Waals surface area contributed by atoms with Crippen LogP contribution in [0.3, 0.4) is 0 Å². The molecule has 6 heteroatoms. The molecule has 0 bridgehead atoms. The summed E-state index contributed by atoms with van der Waals surface area (Å²) in [5.41, 5.74) is 8.15. The number of thioether (sulfide) groups is 1. The van der Waals surface area contributed by atoms with Crippen LogP contribution in [0.5, 0.6) is 0 Å². The van der Waals surface area contributed by atoms with Gasteiger partial charge in [0.05, 0.1) is 5.75 Å². The molecule has 0 aliphatic carbocycles. The Labute approximate surface area is 141 Å². The smallest absolute Gasteiger partial charge is 0.234 e. The molecule has 110 valence electrons. The topological polar surface area (TPSA) is 55.1 Å². The van der Waals surface area contributed by atoms with Crippen LogP contribution in [0.4, 0.5) is 11.4 Å². The lowest BCUT2D eigenvalue weighted by Crippen LogP contribution is -2.15. The third-order valence-electron chi connectivity index (χ3n) is 2.87. The zero-order valence-corrected chi connectivity index (χ0v) is 14.5. The lowest BCUT2D eigenvalue weighted by atomic mass is 10.2. The molecule has 0 spiro atoms. The van der Waals surface area contributed by atoms with Gasteiger partial charge in [-0.05, 0) is 42.8 Å². The van der Waals surface area contributed by atoms with Gasteiger partial charge in [0.2, 0.25) is 5.91 Å². The molecule has 2 rings (SSSR count). The van der Waals surface area contributed by atoms with Gasteiger partial charge in [-0.3, -0.25) is 4.79 Å². The summed E-state index contributed by atoms with van der Waals surface area (Å²) in [7, 11) is 0. The lowest BCUT2D eigenvalue weighted by Gasteiger charge is -2.10. The van der Waals surface area contributed by atoms with E-state index in [1.54, 1.807) is 6.07 Å². The zero-order chi connectivity index (χ0) is 15.4. The Kier molecular flexibility index (Phi) is 5.56. The Morgan fingerprint density at radius 1 is 1.38 bits per heavy atom. The van der Waals surface area contributed by atoms with E-state index in [1.165, 1.54) is 11.8 Å². The number of hydrogen-bond donors (Lipinski definition) is 2. The Morgan fingerprint density at radius 2 is 2.14 bits per heavy atom. The highest BCUT2D eigenvalue weighted by Gasteiger charge is 2.08. The predicted molar refractivity (Wildman–Crippen MR) is 94.1 cm³/mol. The molecular formula is C15H14BrClN2OS. The maximum atomic E-state index is 12.0. The van der Waals surface area contributed by atoms with Crippen LogP contribution in [0.2, 0.25) is 5.02 Å². The molecular weight excluding hydrogens is 372 g/mol. The first-order chi connectivity index (χ1) is 9.97. The second-order valence-corrected chi connectivity index (χ2v) is 6.77. The fourth-order valence-electron chi connectivity index (χ4n) is 1.72. The zero-order valence-electron chi connectivity index (χ0n) is 11.3. The second kappa shape index (κ2) is 7.20. The van der Waals surface area contributed by atoms with Crippen LogP contribution in [0.15, 0.2) is 45.8 Å². The normalized spacial score (nSPS) is 10.4. The molecule has 0 atom stereocenters. The first-order valence-electron chi connectivity index (χ1n) is 6.20. The number of rotatable bonds is 4. The van der Waals surface area contributed by atoms with Gasteiger partial charge in [-0.1, -0.05) is 33.6 Å². The molecule has 2 aromatic rings. The average molecular weight is 386 g/mol. The molecule has 0 saturated carbocycles. The van der Waals surface area contributed by atoms with Crippen molar-refractivity contribution in [3.63, 3.8) is 0 Å². The summed E-state index contributed by atoms with van der Waals surface area (Å²) >= 11 is 10.8. The van der Waals surface area contributed by atoms with Gasteiger partial charge in [-0.15, -0.1) is 11.8 Å². The van der Waals surface area contributed by atoms with Gasteiger partial charge < -0.3 is 11.1 Å². The van der Waals surface area contributed by atoms with Crippen LogP contribution >= 0.6 is 39.3 Å². The third-order valence-corrected chi connectivity index (χ3v) is 4.86. The van der Waals surface area contributed by atoms with E-state index in [-0.39, 0.29) is 11.7 Å².